The standard InChI is InChI=1S/C49H67PS/c1-28(2)37-22-40(30(5)6)46(41(23-37)31(7)8)50(47-42(32(9)10)24-38(29(3)4)25-43(47)33(11)12)48-44(34(13)14)26-39(27-45(48)35(15)16)49(51)36-20-18-17-19-21-36/h17-35H,1-16H3. The van der Waals surface area contributed by atoms with Crippen LogP contribution < -0.4 is 15.9 Å². The lowest BCUT2D eigenvalue weighted by molar-refractivity contribution is 0.811. The molecular weight excluding hydrogens is 652 g/mol. The molecule has 0 unspecified atom stereocenters. The van der Waals surface area contributed by atoms with Gasteiger partial charge in [-0.25, -0.2) is 0 Å². The Morgan fingerprint density at radius 3 is 0.902 bits per heavy atom. The van der Waals surface area contributed by atoms with E-state index in [4.69, 9.17) is 12.2 Å². The Bertz CT molecular complexity index is 1650. The molecule has 0 radical (unpaired) electrons. The zero-order chi connectivity index (χ0) is 38.1. The first-order chi connectivity index (χ1) is 23.9. The van der Waals surface area contributed by atoms with E-state index in [-0.39, 0.29) is 0 Å². The molecule has 4 aromatic rings. The normalized spacial score (nSPS) is 12.4. The Hall–Kier alpha value is -2.60. The minimum absolute atomic E-state index is 0.334. The summed E-state index contributed by atoms with van der Waals surface area (Å²) in [6.45, 7) is 38.4. The molecule has 0 spiro atoms. The molecule has 4 aromatic carbocycles. The van der Waals surface area contributed by atoms with E-state index in [0.717, 1.165) is 10.4 Å². The van der Waals surface area contributed by atoms with E-state index in [1.54, 1.807) is 15.9 Å². The molecule has 0 heterocycles. The molecule has 4 rings (SSSR count). The third kappa shape index (κ3) is 8.79. The van der Waals surface area contributed by atoms with Crippen LogP contribution in [0.3, 0.4) is 0 Å². The van der Waals surface area contributed by atoms with Crippen LogP contribution in [0.2, 0.25) is 0 Å². The Morgan fingerprint density at radius 1 is 0.373 bits per heavy atom. The quantitative estimate of drug-likeness (QED) is 0.0753. The van der Waals surface area contributed by atoms with E-state index in [9.17, 15) is 0 Å². The maximum Gasteiger partial charge on any atom is 0.0522 e. The lowest BCUT2D eigenvalue weighted by Gasteiger charge is -2.37. The lowest BCUT2D eigenvalue weighted by Crippen LogP contribution is -2.35. The highest BCUT2D eigenvalue weighted by molar-refractivity contribution is 7.81. The zero-order valence-electron chi connectivity index (χ0n) is 34.8. The number of thiocarbonyl (C=S) groups is 1. The minimum atomic E-state index is -0.958. The third-order valence-corrected chi connectivity index (χ3v) is 13.9. The van der Waals surface area contributed by atoms with Gasteiger partial charge in [-0.2, -0.15) is 0 Å². The van der Waals surface area contributed by atoms with Gasteiger partial charge in [-0.1, -0.05) is 178 Å². The Balaban J connectivity index is 2.36. The summed E-state index contributed by atoms with van der Waals surface area (Å²) in [5.74, 6) is 3.21. The first-order valence-electron chi connectivity index (χ1n) is 19.8. The van der Waals surface area contributed by atoms with Crippen molar-refractivity contribution >= 4 is 40.9 Å². The van der Waals surface area contributed by atoms with Crippen LogP contribution in [0.15, 0.2) is 66.7 Å². The predicted molar refractivity (Wildman–Crippen MR) is 235 cm³/mol. The molecule has 0 aliphatic heterocycles. The molecule has 0 aromatic heterocycles. The van der Waals surface area contributed by atoms with Gasteiger partial charge in [0.1, 0.15) is 0 Å². The van der Waals surface area contributed by atoms with Crippen LogP contribution in [0.1, 0.15) is 214 Å². The number of rotatable bonds is 13. The highest BCUT2D eigenvalue weighted by Crippen LogP contribution is 2.48. The zero-order valence-corrected chi connectivity index (χ0v) is 36.5. The van der Waals surface area contributed by atoms with E-state index in [2.05, 4.69) is 178 Å². The first kappa shape index (κ1) is 41.2. The van der Waals surface area contributed by atoms with Crippen LogP contribution >= 0.6 is 20.1 Å². The molecule has 0 N–H and O–H groups in total. The second kappa shape index (κ2) is 17.0. The molecule has 0 aliphatic carbocycles. The van der Waals surface area contributed by atoms with Crippen LogP contribution in [-0.2, 0) is 0 Å². The van der Waals surface area contributed by atoms with E-state index < -0.39 is 7.92 Å². The molecule has 0 aliphatic rings. The highest BCUT2D eigenvalue weighted by Gasteiger charge is 2.35. The molecule has 2 heteroatoms. The maximum atomic E-state index is 6.28. The molecule has 0 saturated heterocycles. The largest absolute Gasteiger partial charge is 0.0788 e. The van der Waals surface area contributed by atoms with Crippen LogP contribution in [0.5, 0.6) is 0 Å². The topological polar surface area (TPSA) is 0 Å². The van der Waals surface area contributed by atoms with Crippen molar-refractivity contribution in [1.82, 2.24) is 0 Å². The molecule has 0 nitrogen and oxygen atoms in total. The summed E-state index contributed by atoms with van der Waals surface area (Å²) >= 11 is 6.28. The lowest BCUT2D eigenvalue weighted by atomic mass is 9.89. The van der Waals surface area contributed by atoms with Gasteiger partial charge in [-0.05, 0) is 139 Å². The van der Waals surface area contributed by atoms with Gasteiger partial charge in [0.2, 0.25) is 0 Å². The molecule has 0 amide bonds. The SMILES string of the molecule is CC(C)c1cc(C(C)C)c(P(c2c(C(C)C)cc(C(=S)c3ccccc3)cc2C(C)C)c2c(C(C)C)cc(C(C)C)cc2C(C)C)c(C(C)C)c1. The molecule has 0 bridgehead atoms. The van der Waals surface area contributed by atoms with Crippen molar-refractivity contribution in [2.75, 3.05) is 0 Å². The summed E-state index contributed by atoms with van der Waals surface area (Å²) in [4.78, 5) is 0.939. The summed E-state index contributed by atoms with van der Waals surface area (Å²) in [6.07, 6.45) is 0. The Morgan fingerprint density at radius 2 is 0.647 bits per heavy atom. The summed E-state index contributed by atoms with van der Waals surface area (Å²) in [6, 6.07) is 25.9. The van der Waals surface area contributed by atoms with Crippen LogP contribution in [0, 0.1) is 0 Å². The third-order valence-electron chi connectivity index (χ3n) is 10.6. The Kier molecular flexibility index (Phi) is 13.7. The van der Waals surface area contributed by atoms with E-state index in [1.165, 1.54) is 50.1 Å². The van der Waals surface area contributed by atoms with Crippen LogP contribution in [0.25, 0.3) is 0 Å². The van der Waals surface area contributed by atoms with Crippen molar-refractivity contribution in [3.63, 3.8) is 0 Å². The molecule has 0 atom stereocenters. The summed E-state index contributed by atoms with van der Waals surface area (Å²) in [5, 5.41) is 4.77. The molecule has 51 heavy (non-hydrogen) atoms. The monoisotopic (exact) mass is 718 g/mol. The van der Waals surface area contributed by atoms with Crippen molar-refractivity contribution < 1.29 is 0 Å². The second-order valence-electron chi connectivity index (χ2n) is 17.4. The van der Waals surface area contributed by atoms with E-state index in [1.807, 2.05) is 0 Å². The Labute approximate surface area is 320 Å². The van der Waals surface area contributed by atoms with Gasteiger partial charge < -0.3 is 0 Å². The average molecular weight is 719 g/mol. The van der Waals surface area contributed by atoms with Gasteiger partial charge in [0, 0.05) is 0 Å². The van der Waals surface area contributed by atoms with Crippen molar-refractivity contribution in [3.05, 3.63) is 122 Å². The first-order valence-corrected chi connectivity index (χ1v) is 21.5. The van der Waals surface area contributed by atoms with Crippen molar-refractivity contribution in [2.45, 2.75) is 158 Å². The fourth-order valence-corrected chi connectivity index (χ4v) is 11.8. The fourth-order valence-electron chi connectivity index (χ4n) is 7.39. The predicted octanol–water partition coefficient (Wildman–Crippen LogP) is 14.2. The van der Waals surface area contributed by atoms with Gasteiger partial charge >= 0.3 is 0 Å². The van der Waals surface area contributed by atoms with Gasteiger partial charge in [0.25, 0.3) is 0 Å². The number of hydrogen-bond donors (Lipinski definition) is 0. The van der Waals surface area contributed by atoms with Gasteiger partial charge in [0.15, 0.2) is 0 Å². The minimum Gasteiger partial charge on any atom is -0.0788 e. The van der Waals surface area contributed by atoms with E-state index in [0.29, 0.717) is 47.3 Å². The van der Waals surface area contributed by atoms with Crippen LogP contribution in [-0.4, -0.2) is 4.86 Å². The fraction of sp³-hybridized carbons (Fsp3) is 0.490. The number of benzene rings is 4. The smallest absolute Gasteiger partial charge is 0.0522 e. The second-order valence-corrected chi connectivity index (χ2v) is 19.8. The van der Waals surface area contributed by atoms with Gasteiger partial charge in [-0.3, -0.25) is 0 Å². The summed E-state index contributed by atoms with van der Waals surface area (Å²) in [7, 11) is -0.958. The van der Waals surface area contributed by atoms with Crippen LogP contribution in [0.4, 0.5) is 0 Å². The van der Waals surface area contributed by atoms with Gasteiger partial charge in [-0.15, -0.1) is 0 Å². The molecule has 274 valence electrons. The summed E-state index contributed by atoms with van der Waals surface area (Å²) in [5.41, 5.74) is 14.2. The van der Waals surface area contributed by atoms with Crippen molar-refractivity contribution in [3.8, 4) is 0 Å². The van der Waals surface area contributed by atoms with Gasteiger partial charge in [0.05, 0.1) is 4.86 Å². The number of hydrogen-bond acceptors (Lipinski definition) is 1. The van der Waals surface area contributed by atoms with Crippen molar-refractivity contribution in [2.24, 2.45) is 0 Å². The molecular formula is C49H67PS. The molecule has 0 saturated carbocycles. The average Bonchev–Trinajstić information content (AvgIpc) is 3.07. The van der Waals surface area contributed by atoms with Crippen molar-refractivity contribution in [1.29, 1.82) is 0 Å². The molecule has 0 fully saturated rings. The highest BCUT2D eigenvalue weighted by atomic mass is 32.1. The summed E-state index contributed by atoms with van der Waals surface area (Å²) < 4.78 is 0. The maximum absolute atomic E-state index is 6.28. The van der Waals surface area contributed by atoms with E-state index >= 15 is 0 Å².